The van der Waals surface area contributed by atoms with Crippen LogP contribution in [0.2, 0.25) is 0 Å². The summed E-state index contributed by atoms with van der Waals surface area (Å²) < 4.78 is 7.47. The van der Waals surface area contributed by atoms with Crippen LogP contribution in [0.5, 0.6) is 11.6 Å². The average Bonchev–Trinajstić information content (AvgIpc) is 3.41. The van der Waals surface area contributed by atoms with Crippen LogP contribution in [-0.2, 0) is 6.54 Å². The van der Waals surface area contributed by atoms with E-state index in [1.165, 1.54) is 6.33 Å². The topological polar surface area (TPSA) is 110 Å². The van der Waals surface area contributed by atoms with Crippen LogP contribution in [0.25, 0.3) is 10.9 Å². The van der Waals surface area contributed by atoms with Gasteiger partial charge in [0.15, 0.2) is 5.82 Å². The highest BCUT2D eigenvalue weighted by atomic mass is 16.5. The third kappa shape index (κ3) is 4.94. The van der Waals surface area contributed by atoms with Crippen LogP contribution < -0.4 is 15.4 Å². The van der Waals surface area contributed by atoms with Crippen molar-refractivity contribution in [1.29, 1.82) is 0 Å². The summed E-state index contributed by atoms with van der Waals surface area (Å²) in [6.45, 7) is 7.83. The van der Waals surface area contributed by atoms with E-state index in [1.54, 1.807) is 10.8 Å². The number of carbonyl (C=O) groups is 1. The van der Waals surface area contributed by atoms with Crippen molar-refractivity contribution in [1.82, 2.24) is 30.0 Å². The highest BCUT2D eigenvalue weighted by Crippen LogP contribution is 2.26. The minimum atomic E-state index is -0.282. The molecule has 0 bridgehead atoms. The highest BCUT2D eigenvalue weighted by molar-refractivity contribution is 5.98. The van der Waals surface area contributed by atoms with Crippen LogP contribution >= 0.6 is 0 Å². The van der Waals surface area contributed by atoms with Crippen LogP contribution in [-0.4, -0.2) is 37.3 Å². The minimum absolute atomic E-state index is 0.282. The first-order valence-corrected chi connectivity index (χ1v) is 10.7. The number of hydrogen-bond donors (Lipinski definition) is 3. The lowest BCUT2D eigenvalue weighted by Gasteiger charge is -2.08. The Balaban J connectivity index is 1.46. The van der Waals surface area contributed by atoms with Crippen molar-refractivity contribution in [2.24, 2.45) is 0 Å². The molecule has 0 spiro atoms. The molecule has 0 atom stereocenters. The van der Waals surface area contributed by atoms with Crippen LogP contribution in [0.4, 0.5) is 10.6 Å². The molecule has 0 fully saturated rings. The van der Waals surface area contributed by atoms with Gasteiger partial charge in [0.25, 0.3) is 0 Å². The van der Waals surface area contributed by atoms with E-state index in [2.05, 4.69) is 51.6 Å². The number of hydrogen-bond acceptors (Lipinski definition) is 6. The molecule has 0 saturated carbocycles. The van der Waals surface area contributed by atoms with Crippen molar-refractivity contribution in [3.8, 4) is 11.6 Å². The third-order valence-corrected chi connectivity index (χ3v) is 4.99. The SMILES string of the molecule is CCCNCc1cc(Oc2ccc3c(ccn3C(=O)Nc3cc(C(C)C)[nH]n3)c2)ncn1. The van der Waals surface area contributed by atoms with E-state index in [4.69, 9.17) is 4.74 Å². The summed E-state index contributed by atoms with van der Waals surface area (Å²) in [5.74, 6) is 1.91. The van der Waals surface area contributed by atoms with Gasteiger partial charge in [-0.3, -0.25) is 15.0 Å². The molecule has 0 aliphatic carbocycles. The Morgan fingerprint density at radius 3 is 2.84 bits per heavy atom. The van der Waals surface area contributed by atoms with E-state index in [1.807, 2.05) is 36.4 Å². The summed E-state index contributed by atoms with van der Waals surface area (Å²) in [6, 6.07) is 10.8. The van der Waals surface area contributed by atoms with Crippen molar-refractivity contribution in [2.75, 3.05) is 11.9 Å². The summed E-state index contributed by atoms with van der Waals surface area (Å²) in [5, 5.41) is 14.1. The zero-order chi connectivity index (χ0) is 22.5. The van der Waals surface area contributed by atoms with E-state index in [0.29, 0.717) is 29.9 Å². The van der Waals surface area contributed by atoms with Crippen molar-refractivity contribution < 1.29 is 9.53 Å². The number of nitrogens with one attached hydrogen (secondary N) is 3. The number of ether oxygens (including phenoxy) is 1. The largest absolute Gasteiger partial charge is 0.439 e. The number of aromatic nitrogens is 5. The summed E-state index contributed by atoms with van der Waals surface area (Å²) >= 11 is 0. The molecule has 1 amide bonds. The number of carbonyl (C=O) groups excluding carboxylic acids is 1. The van der Waals surface area contributed by atoms with Crippen molar-refractivity contribution >= 4 is 22.8 Å². The van der Waals surface area contributed by atoms with Gasteiger partial charge in [0.2, 0.25) is 5.88 Å². The standard InChI is InChI=1S/C23H27N7O2/c1-4-8-24-13-17-11-22(26-14-25-17)32-18-5-6-20-16(10-18)7-9-30(20)23(31)27-21-12-19(15(2)3)28-29-21/h5-7,9-12,14-15,24H,4,8,13H2,1-3H3,(H2,27,28,29,31). The predicted octanol–water partition coefficient (Wildman–Crippen LogP) is 4.65. The first-order chi connectivity index (χ1) is 15.5. The zero-order valence-corrected chi connectivity index (χ0v) is 18.4. The molecule has 4 aromatic rings. The lowest BCUT2D eigenvalue weighted by atomic mass is 10.1. The maximum atomic E-state index is 12.7. The molecule has 9 heteroatoms. The molecule has 32 heavy (non-hydrogen) atoms. The number of nitrogens with zero attached hydrogens (tertiary/aromatic N) is 4. The van der Waals surface area contributed by atoms with E-state index in [9.17, 15) is 4.79 Å². The Labute approximate surface area is 186 Å². The van der Waals surface area contributed by atoms with Crippen molar-refractivity contribution in [3.05, 3.63) is 60.3 Å². The minimum Gasteiger partial charge on any atom is -0.439 e. The number of aromatic amines is 1. The van der Waals surface area contributed by atoms with Gasteiger partial charge in [-0.05, 0) is 43.1 Å². The fraction of sp³-hybridized carbons (Fsp3) is 0.304. The molecular weight excluding hydrogens is 406 g/mol. The van der Waals surface area contributed by atoms with Gasteiger partial charge < -0.3 is 10.1 Å². The summed E-state index contributed by atoms with van der Waals surface area (Å²) in [6.07, 6.45) is 4.28. The Morgan fingerprint density at radius 2 is 2.06 bits per heavy atom. The van der Waals surface area contributed by atoms with Gasteiger partial charge in [0.05, 0.1) is 11.2 Å². The fourth-order valence-electron chi connectivity index (χ4n) is 3.27. The molecule has 0 aliphatic heterocycles. The van der Waals surface area contributed by atoms with Gasteiger partial charge in [-0.1, -0.05) is 20.8 Å². The Morgan fingerprint density at radius 1 is 1.19 bits per heavy atom. The zero-order valence-electron chi connectivity index (χ0n) is 18.4. The summed E-state index contributed by atoms with van der Waals surface area (Å²) in [5.41, 5.74) is 2.60. The molecule has 0 aliphatic rings. The van der Waals surface area contributed by atoms with Crippen molar-refractivity contribution in [2.45, 2.75) is 39.7 Å². The molecule has 1 aromatic carbocycles. The highest BCUT2D eigenvalue weighted by Gasteiger charge is 2.13. The van der Waals surface area contributed by atoms with Gasteiger partial charge in [0.1, 0.15) is 12.1 Å². The van der Waals surface area contributed by atoms with E-state index in [0.717, 1.165) is 35.3 Å². The molecule has 0 saturated heterocycles. The van der Waals surface area contributed by atoms with Gasteiger partial charge in [-0.2, -0.15) is 5.10 Å². The number of fused-ring (bicyclic) bond motifs is 1. The third-order valence-electron chi connectivity index (χ3n) is 4.99. The predicted molar refractivity (Wildman–Crippen MR) is 123 cm³/mol. The lowest BCUT2D eigenvalue weighted by Crippen LogP contribution is -2.18. The van der Waals surface area contributed by atoms with Crippen molar-refractivity contribution in [3.63, 3.8) is 0 Å². The summed E-state index contributed by atoms with van der Waals surface area (Å²) in [4.78, 5) is 21.2. The first-order valence-electron chi connectivity index (χ1n) is 10.7. The number of H-pyrrole nitrogens is 1. The second kappa shape index (κ2) is 9.61. The van der Waals surface area contributed by atoms with Gasteiger partial charge >= 0.3 is 6.03 Å². The van der Waals surface area contributed by atoms with Gasteiger partial charge in [-0.15, -0.1) is 0 Å². The van der Waals surface area contributed by atoms with Crippen LogP contribution in [0, 0.1) is 0 Å². The molecule has 4 rings (SSSR count). The fourth-order valence-corrected chi connectivity index (χ4v) is 3.27. The number of amides is 1. The van der Waals surface area contributed by atoms with E-state index < -0.39 is 0 Å². The number of benzene rings is 1. The maximum Gasteiger partial charge on any atom is 0.331 e. The number of anilines is 1. The summed E-state index contributed by atoms with van der Waals surface area (Å²) in [7, 11) is 0. The molecule has 3 N–H and O–H groups in total. The molecule has 0 radical (unpaired) electrons. The molecule has 166 valence electrons. The molecule has 3 heterocycles. The second-order valence-corrected chi connectivity index (χ2v) is 7.83. The lowest BCUT2D eigenvalue weighted by molar-refractivity contribution is 0.254. The van der Waals surface area contributed by atoms with Crippen LogP contribution in [0.15, 0.2) is 48.9 Å². The first kappa shape index (κ1) is 21.5. The normalized spacial score (nSPS) is 11.2. The molecule has 0 unspecified atom stereocenters. The Hall–Kier alpha value is -3.72. The monoisotopic (exact) mass is 433 g/mol. The van der Waals surface area contributed by atoms with E-state index in [-0.39, 0.29) is 6.03 Å². The Bertz CT molecular complexity index is 1210. The number of rotatable bonds is 8. The van der Waals surface area contributed by atoms with Gasteiger partial charge in [-0.25, -0.2) is 14.8 Å². The van der Waals surface area contributed by atoms with E-state index >= 15 is 0 Å². The van der Waals surface area contributed by atoms with Crippen LogP contribution in [0.3, 0.4) is 0 Å². The molecular formula is C23H27N7O2. The van der Waals surface area contributed by atoms with Gasteiger partial charge in [0, 0.05) is 36.0 Å². The average molecular weight is 434 g/mol. The maximum absolute atomic E-state index is 12.7. The Kier molecular flexibility index (Phi) is 6.46. The molecule has 9 nitrogen and oxygen atoms in total. The quantitative estimate of drug-likeness (QED) is 0.349. The smallest absolute Gasteiger partial charge is 0.331 e. The van der Waals surface area contributed by atoms with Crippen LogP contribution in [0.1, 0.15) is 44.5 Å². The second-order valence-electron chi connectivity index (χ2n) is 7.83. The molecule has 3 aromatic heterocycles.